The summed E-state index contributed by atoms with van der Waals surface area (Å²) >= 11 is 5.86. The van der Waals surface area contributed by atoms with Gasteiger partial charge in [-0.15, -0.1) is 0 Å². The molecule has 7 heteroatoms. The van der Waals surface area contributed by atoms with Crippen molar-refractivity contribution in [2.75, 3.05) is 5.73 Å². The topological polar surface area (TPSA) is 85.8 Å². The Labute approximate surface area is 122 Å². The highest BCUT2D eigenvalue weighted by molar-refractivity contribution is 6.31. The number of hydrogen-bond donors (Lipinski definition) is 2. The summed E-state index contributed by atoms with van der Waals surface area (Å²) < 4.78 is 1.72. The number of rotatable bonds is 3. The summed E-state index contributed by atoms with van der Waals surface area (Å²) in [5.74, 6) is 0.297. The summed E-state index contributed by atoms with van der Waals surface area (Å²) in [5, 5.41) is 3.41. The molecule has 0 saturated heterocycles. The molecule has 0 atom stereocenters. The first-order valence-corrected chi connectivity index (χ1v) is 6.72. The maximum atomic E-state index is 11.8. The first kappa shape index (κ1) is 14.6. The van der Waals surface area contributed by atoms with Crippen LogP contribution < -0.4 is 11.1 Å². The monoisotopic (exact) mass is 295 g/mol. The van der Waals surface area contributed by atoms with Gasteiger partial charge in [0.25, 0.3) is 0 Å². The lowest BCUT2D eigenvalue weighted by atomic mass is 10.1. The standard InChI is InChI=1S/C13H18ClN5O/c1-13(2,3)18-10(20)4-5-19-11-9(17-12(19)15)6-8(14)7-16-11/h6-7H,4-5H2,1-3H3,(H2,15,17)(H,18,20). The number of carbonyl (C=O) groups excluding carboxylic acids is 1. The van der Waals surface area contributed by atoms with Crippen LogP contribution in [0.15, 0.2) is 12.3 Å². The molecule has 2 aromatic rings. The zero-order valence-electron chi connectivity index (χ0n) is 11.8. The van der Waals surface area contributed by atoms with Crippen LogP contribution in [0.3, 0.4) is 0 Å². The van der Waals surface area contributed by atoms with Crippen molar-refractivity contribution in [3.8, 4) is 0 Å². The van der Waals surface area contributed by atoms with Crippen LogP contribution in [0.25, 0.3) is 11.2 Å². The minimum absolute atomic E-state index is 0.0345. The fourth-order valence-corrected chi connectivity index (χ4v) is 2.07. The zero-order chi connectivity index (χ0) is 14.9. The molecule has 108 valence electrons. The summed E-state index contributed by atoms with van der Waals surface area (Å²) in [6, 6.07) is 1.70. The van der Waals surface area contributed by atoms with E-state index in [1.54, 1.807) is 10.6 Å². The number of amides is 1. The van der Waals surface area contributed by atoms with E-state index >= 15 is 0 Å². The molecule has 0 fully saturated rings. The second kappa shape index (κ2) is 5.28. The molecule has 3 N–H and O–H groups in total. The van der Waals surface area contributed by atoms with Gasteiger partial charge in [0.05, 0.1) is 5.02 Å². The van der Waals surface area contributed by atoms with Crippen molar-refractivity contribution in [1.29, 1.82) is 0 Å². The van der Waals surface area contributed by atoms with E-state index in [4.69, 9.17) is 17.3 Å². The number of fused-ring (bicyclic) bond motifs is 1. The average molecular weight is 296 g/mol. The van der Waals surface area contributed by atoms with Crippen LogP contribution in [0, 0.1) is 0 Å². The molecule has 0 aliphatic carbocycles. The number of carbonyl (C=O) groups is 1. The molecule has 0 aliphatic rings. The molecular formula is C13H18ClN5O. The molecule has 0 radical (unpaired) electrons. The Morgan fingerprint density at radius 2 is 2.20 bits per heavy atom. The predicted octanol–water partition coefficient (Wildman–Crippen LogP) is 1.97. The van der Waals surface area contributed by atoms with Crippen LogP contribution in [0.4, 0.5) is 5.95 Å². The van der Waals surface area contributed by atoms with E-state index < -0.39 is 0 Å². The molecule has 1 amide bonds. The van der Waals surface area contributed by atoms with E-state index in [1.165, 1.54) is 6.20 Å². The van der Waals surface area contributed by atoms with E-state index in [1.807, 2.05) is 20.8 Å². The van der Waals surface area contributed by atoms with Crippen molar-refractivity contribution in [2.45, 2.75) is 39.3 Å². The van der Waals surface area contributed by atoms with E-state index in [2.05, 4.69) is 15.3 Å². The Morgan fingerprint density at radius 1 is 1.50 bits per heavy atom. The minimum Gasteiger partial charge on any atom is -0.369 e. The van der Waals surface area contributed by atoms with Crippen LogP contribution in [-0.2, 0) is 11.3 Å². The Bertz CT molecular complexity index is 644. The third-order valence-corrected chi connectivity index (χ3v) is 2.86. The van der Waals surface area contributed by atoms with E-state index in [9.17, 15) is 4.79 Å². The number of anilines is 1. The lowest BCUT2D eigenvalue weighted by Crippen LogP contribution is -2.40. The molecule has 0 bridgehead atoms. The van der Waals surface area contributed by atoms with E-state index in [-0.39, 0.29) is 11.4 Å². The molecule has 2 heterocycles. The number of nitrogens with two attached hydrogens (primary N) is 1. The highest BCUT2D eigenvalue weighted by atomic mass is 35.5. The van der Waals surface area contributed by atoms with Gasteiger partial charge >= 0.3 is 0 Å². The average Bonchev–Trinajstić information content (AvgIpc) is 2.59. The van der Waals surface area contributed by atoms with Gasteiger partial charge in [0.2, 0.25) is 11.9 Å². The van der Waals surface area contributed by atoms with Crippen molar-refractivity contribution < 1.29 is 4.79 Å². The predicted molar refractivity (Wildman–Crippen MR) is 79.5 cm³/mol. The second-order valence-corrected chi connectivity index (χ2v) is 6.10. The normalized spacial score (nSPS) is 11.8. The molecule has 0 unspecified atom stereocenters. The minimum atomic E-state index is -0.245. The fraction of sp³-hybridized carbons (Fsp3) is 0.462. The smallest absolute Gasteiger partial charge is 0.222 e. The number of nitrogens with one attached hydrogen (secondary N) is 1. The number of aromatic nitrogens is 3. The van der Waals surface area contributed by atoms with Gasteiger partial charge in [0.15, 0.2) is 5.65 Å². The van der Waals surface area contributed by atoms with Crippen molar-refractivity contribution in [3.05, 3.63) is 17.3 Å². The van der Waals surface area contributed by atoms with E-state index in [0.717, 1.165) is 0 Å². The maximum absolute atomic E-state index is 11.8. The molecule has 2 aromatic heterocycles. The van der Waals surface area contributed by atoms with Gasteiger partial charge < -0.3 is 11.1 Å². The third kappa shape index (κ3) is 3.39. The Hall–Kier alpha value is -1.82. The van der Waals surface area contributed by atoms with Crippen LogP contribution in [0.1, 0.15) is 27.2 Å². The van der Waals surface area contributed by atoms with Crippen LogP contribution in [0.5, 0.6) is 0 Å². The summed E-state index contributed by atoms with van der Waals surface area (Å²) in [4.78, 5) is 20.2. The second-order valence-electron chi connectivity index (χ2n) is 5.67. The highest BCUT2D eigenvalue weighted by Gasteiger charge is 2.15. The van der Waals surface area contributed by atoms with Crippen LogP contribution >= 0.6 is 11.6 Å². The Balaban J connectivity index is 2.14. The largest absolute Gasteiger partial charge is 0.369 e. The van der Waals surface area contributed by atoms with Gasteiger partial charge in [-0.2, -0.15) is 0 Å². The molecule has 0 spiro atoms. The molecule has 20 heavy (non-hydrogen) atoms. The van der Waals surface area contributed by atoms with Gasteiger partial charge in [0.1, 0.15) is 5.52 Å². The fourth-order valence-electron chi connectivity index (χ4n) is 1.92. The van der Waals surface area contributed by atoms with Crippen molar-refractivity contribution >= 4 is 34.6 Å². The summed E-state index contributed by atoms with van der Waals surface area (Å²) in [6.45, 7) is 6.25. The lowest BCUT2D eigenvalue weighted by molar-refractivity contribution is -0.122. The molecule has 0 aromatic carbocycles. The lowest BCUT2D eigenvalue weighted by Gasteiger charge is -2.20. The van der Waals surface area contributed by atoms with Crippen LogP contribution in [0.2, 0.25) is 5.02 Å². The Morgan fingerprint density at radius 3 is 2.85 bits per heavy atom. The van der Waals surface area contributed by atoms with Crippen molar-refractivity contribution in [2.24, 2.45) is 0 Å². The van der Waals surface area contributed by atoms with Gasteiger partial charge in [-0.05, 0) is 26.8 Å². The quantitative estimate of drug-likeness (QED) is 0.906. The SMILES string of the molecule is CC(C)(C)NC(=O)CCn1c(N)nc2cc(Cl)cnc21. The number of halogens is 1. The van der Waals surface area contributed by atoms with Gasteiger partial charge in [0, 0.05) is 24.7 Å². The first-order chi connectivity index (χ1) is 9.26. The number of nitrogens with zero attached hydrogens (tertiary/aromatic N) is 3. The van der Waals surface area contributed by atoms with E-state index in [0.29, 0.717) is 35.1 Å². The number of pyridine rings is 1. The molecule has 6 nitrogen and oxygen atoms in total. The molecular weight excluding hydrogens is 278 g/mol. The summed E-state index contributed by atoms with van der Waals surface area (Å²) in [5.41, 5.74) is 6.87. The third-order valence-electron chi connectivity index (χ3n) is 2.66. The maximum Gasteiger partial charge on any atom is 0.222 e. The molecule has 2 rings (SSSR count). The van der Waals surface area contributed by atoms with Gasteiger partial charge in [-0.3, -0.25) is 9.36 Å². The Kier molecular flexibility index (Phi) is 3.85. The number of hydrogen-bond acceptors (Lipinski definition) is 4. The van der Waals surface area contributed by atoms with Crippen LogP contribution in [-0.4, -0.2) is 26.0 Å². The zero-order valence-corrected chi connectivity index (χ0v) is 12.5. The van der Waals surface area contributed by atoms with Gasteiger partial charge in [-0.1, -0.05) is 11.6 Å². The number of aryl methyl sites for hydroxylation is 1. The number of imidazole rings is 1. The summed E-state index contributed by atoms with van der Waals surface area (Å²) in [7, 11) is 0. The molecule has 0 saturated carbocycles. The van der Waals surface area contributed by atoms with Crippen molar-refractivity contribution in [1.82, 2.24) is 19.9 Å². The number of nitrogen functional groups attached to an aromatic ring is 1. The first-order valence-electron chi connectivity index (χ1n) is 6.34. The van der Waals surface area contributed by atoms with Gasteiger partial charge in [-0.25, -0.2) is 9.97 Å². The van der Waals surface area contributed by atoms with Crippen molar-refractivity contribution in [3.63, 3.8) is 0 Å². The summed E-state index contributed by atoms with van der Waals surface area (Å²) in [6.07, 6.45) is 1.86. The molecule has 0 aliphatic heterocycles. The highest BCUT2D eigenvalue weighted by Crippen LogP contribution is 2.19.